The number of nitrogens with zero attached hydrogens (tertiary/aromatic N) is 1. The van der Waals surface area contributed by atoms with E-state index >= 15 is 0 Å². The molecule has 1 heterocycles. The number of ether oxygens (including phenoxy) is 1. The van der Waals surface area contributed by atoms with Crippen LogP contribution in [0.4, 0.5) is 0 Å². The number of hydrogen-bond acceptors (Lipinski definition) is 4. The molecule has 0 bridgehead atoms. The van der Waals surface area contributed by atoms with E-state index in [2.05, 4.69) is 12.2 Å². The van der Waals surface area contributed by atoms with E-state index in [4.69, 9.17) is 4.74 Å². The maximum atomic E-state index is 12.9. The average molecular weight is 453 g/mol. The van der Waals surface area contributed by atoms with Gasteiger partial charge in [-0.25, -0.2) is 4.79 Å². The first-order valence-corrected chi connectivity index (χ1v) is 11.6. The van der Waals surface area contributed by atoms with Crippen molar-refractivity contribution in [3.63, 3.8) is 0 Å². The summed E-state index contributed by atoms with van der Waals surface area (Å²) in [6.45, 7) is 3.12. The van der Waals surface area contributed by atoms with Crippen LogP contribution in [-0.4, -0.2) is 46.5 Å². The van der Waals surface area contributed by atoms with Crippen LogP contribution in [0.3, 0.4) is 0 Å². The Morgan fingerprint density at radius 2 is 1.82 bits per heavy atom. The van der Waals surface area contributed by atoms with Gasteiger partial charge >= 0.3 is 5.97 Å². The summed E-state index contributed by atoms with van der Waals surface area (Å²) in [4.78, 5) is 38.7. The van der Waals surface area contributed by atoms with E-state index in [0.29, 0.717) is 19.6 Å². The predicted octanol–water partition coefficient (Wildman–Crippen LogP) is 3.56. The molecule has 1 aliphatic heterocycles. The van der Waals surface area contributed by atoms with Crippen molar-refractivity contribution in [2.24, 2.45) is 0 Å². The third kappa shape index (κ3) is 7.07. The minimum absolute atomic E-state index is 0.0968. The summed E-state index contributed by atoms with van der Waals surface area (Å²) < 4.78 is 5.69. The van der Waals surface area contributed by atoms with Crippen LogP contribution in [-0.2, 0) is 27.3 Å². The van der Waals surface area contributed by atoms with Crippen LogP contribution < -0.4 is 10.1 Å². The highest BCUT2D eigenvalue weighted by molar-refractivity contribution is 5.93. The minimum atomic E-state index is -1.11. The molecule has 3 rings (SSSR count). The van der Waals surface area contributed by atoms with Crippen LogP contribution in [0.5, 0.6) is 5.75 Å². The van der Waals surface area contributed by atoms with Crippen molar-refractivity contribution in [3.8, 4) is 5.75 Å². The van der Waals surface area contributed by atoms with Gasteiger partial charge in [0, 0.05) is 19.4 Å². The number of hydrogen-bond donors (Lipinski definition) is 2. The number of carboxylic acids is 1. The van der Waals surface area contributed by atoms with Gasteiger partial charge in [0.1, 0.15) is 17.8 Å². The second-order valence-corrected chi connectivity index (χ2v) is 8.36. The maximum absolute atomic E-state index is 12.9. The summed E-state index contributed by atoms with van der Waals surface area (Å²) in [5.74, 6) is -0.894. The van der Waals surface area contributed by atoms with Crippen LogP contribution >= 0.6 is 0 Å². The highest BCUT2D eigenvalue weighted by Crippen LogP contribution is 2.22. The lowest BCUT2D eigenvalue weighted by Crippen LogP contribution is -2.50. The van der Waals surface area contributed by atoms with Crippen LogP contribution in [0.15, 0.2) is 54.6 Å². The second-order valence-electron chi connectivity index (χ2n) is 8.36. The number of likely N-dealkylation sites (tertiary alicyclic amines) is 1. The van der Waals surface area contributed by atoms with Gasteiger partial charge in [0.05, 0.1) is 6.61 Å². The number of rotatable bonds is 12. The maximum Gasteiger partial charge on any atom is 0.326 e. The zero-order valence-electron chi connectivity index (χ0n) is 19.0. The van der Waals surface area contributed by atoms with Crippen LogP contribution in [0.2, 0.25) is 0 Å². The van der Waals surface area contributed by atoms with Gasteiger partial charge in [-0.15, -0.1) is 0 Å². The number of carbonyl (C=O) groups is 3. The van der Waals surface area contributed by atoms with E-state index in [1.54, 1.807) is 0 Å². The van der Waals surface area contributed by atoms with Crippen molar-refractivity contribution in [3.05, 3.63) is 65.7 Å². The molecule has 2 atom stereocenters. The number of aliphatic carboxylic acids is 1. The van der Waals surface area contributed by atoms with Gasteiger partial charge in [0.25, 0.3) is 0 Å². The van der Waals surface area contributed by atoms with Gasteiger partial charge in [0.2, 0.25) is 11.8 Å². The first-order valence-electron chi connectivity index (χ1n) is 11.6. The van der Waals surface area contributed by atoms with Crippen molar-refractivity contribution < 1.29 is 24.2 Å². The molecule has 2 amide bonds. The fourth-order valence-corrected chi connectivity index (χ4v) is 3.95. The third-order valence-corrected chi connectivity index (χ3v) is 5.82. The first-order chi connectivity index (χ1) is 16.0. The molecular weight excluding hydrogens is 420 g/mol. The summed E-state index contributed by atoms with van der Waals surface area (Å²) in [6, 6.07) is 15.0. The Labute approximate surface area is 194 Å². The molecule has 2 aromatic rings. The van der Waals surface area contributed by atoms with Gasteiger partial charge in [-0.05, 0) is 36.1 Å². The van der Waals surface area contributed by atoms with E-state index in [9.17, 15) is 19.5 Å². The number of amides is 2. The van der Waals surface area contributed by atoms with Crippen molar-refractivity contribution >= 4 is 17.8 Å². The molecular formula is C26H32N2O5. The number of carbonyl (C=O) groups excluding carboxylic acids is 2. The summed E-state index contributed by atoms with van der Waals surface area (Å²) in [6.07, 6.45) is 4.06. The molecule has 0 spiro atoms. The molecule has 0 aliphatic carbocycles. The van der Waals surface area contributed by atoms with Gasteiger partial charge < -0.3 is 20.1 Å². The van der Waals surface area contributed by atoms with E-state index < -0.39 is 24.0 Å². The molecule has 0 saturated carbocycles. The Morgan fingerprint density at radius 3 is 2.48 bits per heavy atom. The Bertz CT molecular complexity index is 929. The number of carboxylic acid groups (broad SMARTS) is 1. The predicted molar refractivity (Wildman–Crippen MR) is 125 cm³/mol. The number of benzene rings is 2. The van der Waals surface area contributed by atoms with Crippen LogP contribution in [0, 0.1) is 0 Å². The van der Waals surface area contributed by atoms with E-state index in [0.717, 1.165) is 36.1 Å². The molecule has 0 radical (unpaired) electrons. The summed E-state index contributed by atoms with van der Waals surface area (Å²) >= 11 is 0. The molecule has 176 valence electrons. The van der Waals surface area contributed by atoms with E-state index in [1.807, 2.05) is 54.6 Å². The van der Waals surface area contributed by atoms with Crippen molar-refractivity contribution in [2.45, 2.75) is 64.1 Å². The Kier molecular flexibility index (Phi) is 8.87. The van der Waals surface area contributed by atoms with E-state index in [-0.39, 0.29) is 18.7 Å². The summed E-state index contributed by atoms with van der Waals surface area (Å²) in [7, 11) is 0. The Balaban J connectivity index is 1.59. The molecule has 1 saturated heterocycles. The normalized spacial score (nSPS) is 16.5. The molecule has 7 nitrogen and oxygen atoms in total. The largest absolute Gasteiger partial charge is 0.494 e. The fraction of sp³-hybridized carbons (Fsp3) is 0.423. The van der Waals surface area contributed by atoms with Crippen molar-refractivity contribution in [1.82, 2.24) is 10.2 Å². The quantitative estimate of drug-likeness (QED) is 0.480. The Hall–Kier alpha value is -3.35. The summed E-state index contributed by atoms with van der Waals surface area (Å²) in [5.41, 5.74) is 1.71. The molecule has 1 fully saturated rings. The molecule has 1 aliphatic rings. The first kappa shape index (κ1) is 24.3. The molecule has 0 aromatic heterocycles. The lowest BCUT2D eigenvalue weighted by Gasteiger charge is -2.25. The van der Waals surface area contributed by atoms with Gasteiger partial charge in [-0.1, -0.05) is 62.2 Å². The molecule has 2 N–H and O–H groups in total. The van der Waals surface area contributed by atoms with Crippen molar-refractivity contribution in [1.29, 1.82) is 0 Å². The molecule has 33 heavy (non-hydrogen) atoms. The standard InChI is InChI=1S/C26H32N2O5/c1-2-3-7-16-33-21-12-10-19(11-13-21)17-22(26(31)32)27-25(30)23-14-15-24(29)28(23)18-20-8-5-4-6-9-20/h4-6,8-13,22-23H,2-3,7,14-18H2,1H3,(H,27,30)(H,31,32)/t22-,23-/m0/s1. The monoisotopic (exact) mass is 452 g/mol. The zero-order chi connectivity index (χ0) is 23.6. The molecule has 0 unspecified atom stereocenters. The highest BCUT2D eigenvalue weighted by atomic mass is 16.5. The second kappa shape index (κ2) is 12.0. The number of nitrogens with one attached hydrogen (secondary N) is 1. The van der Waals surface area contributed by atoms with Crippen molar-refractivity contribution in [2.75, 3.05) is 6.61 Å². The van der Waals surface area contributed by atoms with Gasteiger partial charge in [-0.2, -0.15) is 0 Å². The zero-order valence-corrected chi connectivity index (χ0v) is 19.0. The smallest absolute Gasteiger partial charge is 0.326 e. The topological polar surface area (TPSA) is 95.9 Å². The minimum Gasteiger partial charge on any atom is -0.494 e. The van der Waals surface area contributed by atoms with Crippen LogP contribution in [0.25, 0.3) is 0 Å². The lowest BCUT2D eigenvalue weighted by molar-refractivity contribution is -0.143. The molecule has 2 aromatic carbocycles. The SMILES string of the molecule is CCCCCOc1ccc(C[C@H](NC(=O)[C@@H]2CCC(=O)N2Cc2ccccc2)C(=O)O)cc1. The average Bonchev–Trinajstić information content (AvgIpc) is 3.18. The highest BCUT2D eigenvalue weighted by Gasteiger charge is 2.37. The van der Waals surface area contributed by atoms with Gasteiger partial charge in [-0.3, -0.25) is 9.59 Å². The summed E-state index contributed by atoms with van der Waals surface area (Å²) in [5, 5.41) is 12.3. The van der Waals surface area contributed by atoms with Gasteiger partial charge in [0.15, 0.2) is 0 Å². The van der Waals surface area contributed by atoms with E-state index in [1.165, 1.54) is 4.90 Å². The fourth-order valence-electron chi connectivity index (χ4n) is 3.95. The third-order valence-electron chi connectivity index (χ3n) is 5.82. The molecule has 7 heteroatoms. The lowest BCUT2D eigenvalue weighted by atomic mass is 10.0. The van der Waals surface area contributed by atoms with Crippen LogP contribution in [0.1, 0.15) is 50.2 Å². The number of unbranched alkanes of at least 4 members (excludes halogenated alkanes) is 2. The Morgan fingerprint density at radius 1 is 1.09 bits per heavy atom.